The van der Waals surface area contributed by atoms with Gasteiger partial charge in [0.05, 0.1) is 5.54 Å². The molecule has 1 aliphatic heterocycles. The van der Waals surface area contributed by atoms with Gasteiger partial charge in [0.15, 0.2) is 0 Å². The Balaban J connectivity index is 2.18. The van der Waals surface area contributed by atoms with Crippen molar-refractivity contribution in [3.8, 4) is 0 Å². The molecule has 2 aromatic rings. The molecule has 0 saturated heterocycles. The third-order valence-corrected chi connectivity index (χ3v) is 5.55. The predicted molar refractivity (Wildman–Crippen MR) is 102 cm³/mol. The molecule has 0 N–H and O–H groups in total. The first-order chi connectivity index (χ1) is 11.3. The average Bonchev–Trinajstić information content (AvgIpc) is 2.55. The van der Waals surface area contributed by atoms with Crippen molar-refractivity contribution in [2.45, 2.75) is 25.3 Å². The summed E-state index contributed by atoms with van der Waals surface area (Å²) < 4.78 is 1.04. The van der Waals surface area contributed by atoms with Crippen LogP contribution in [0.4, 0.5) is 0 Å². The van der Waals surface area contributed by atoms with Crippen LogP contribution in [0.1, 0.15) is 36.5 Å². The maximum Gasteiger partial charge on any atom is 0.246 e. The fourth-order valence-electron chi connectivity index (χ4n) is 3.49. The van der Waals surface area contributed by atoms with Gasteiger partial charge in [-0.3, -0.25) is 4.79 Å². The van der Waals surface area contributed by atoms with Crippen molar-refractivity contribution < 1.29 is 4.79 Å². The number of hydrogen-bond acceptors (Lipinski definition) is 1. The smallest absolute Gasteiger partial charge is 0.246 e. The first-order valence-corrected chi connectivity index (χ1v) is 9.01. The summed E-state index contributed by atoms with van der Waals surface area (Å²) in [5, 5.41) is 0.711. The van der Waals surface area contributed by atoms with Crippen LogP contribution in [0.3, 0.4) is 0 Å². The predicted octanol–water partition coefficient (Wildman–Crippen LogP) is 5.50. The molecule has 0 unspecified atom stereocenters. The van der Waals surface area contributed by atoms with E-state index in [1.807, 2.05) is 35.2 Å². The van der Waals surface area contributed by atoms with E-state index >= 15 is 0 Å². The van der Waals surface area contributed by atoms with Crippen LogP contribution in [0.5, 0.6) is 0 Å². The molecule has 2 nitrogen and oxygen atoms in total. The third-order valence-electron chi connectivity index (χ3n) is 4.80. The van der Waals surface area contributed by atoms with Crippen LogP contribution < -0.4 is 0 Å². The number of halogens is 2. The normalized spacial score (nSPS) is 18.8. The van der Waals surface area contributed by atoms with E-state index in [1.165, 1.54) is 11.6 Å². The second kappa shape index (κ2) is 6.38. The zero-order valence-corrected chi connectivity index (χ0v) is 16.1. The quantitative estimate of drug-likeness (QED) is 0.605. The molecule has 0 saturated carbocycles. The van der Waals surface area contributed by atoms with Crippen LogP contribution in [0.2, 0.25) is 5.02 Å². The maximum atomic E-state index is 12.5. The molecule has 0 aliphatic carbocycles. The minimum atomic E-state index is -0.385. The molecule has 124 valence electrons. The minimum Gasteiger partial charge on any atom is -0.329 e. The zero-order chi connectivity index (χ0) is 17.5. The van der Waals surface area contributed by atoms with Gasteiger partial charge >= 0.3 is 0 Å². The Bertz CT molecular complexity index is 798. The number of carbonyl (C=O) groups is 1. The SMILES string of the molecule is C=CC(=O)N1C[C@@H](c2ccc(Cl)cc2)c2cc(Br)ccc2C1(C)C. The Kier molecular flexibility index (Phi) is 4.58. The lowest BCUT2D eigenvalue weighted by molar-refractivity contribution is -0.132. The van der Waals surface area contributed by atoms with Crippen LogP contribution in [0, 0.1) is 0 Å². The Morgan fingerprint density at radius 3 is 2.58 bits per heavy atom. The molecule has 0 fully saturated rings. The lowest BCUT2D eigenvalue weighted by atomic mass is 9.76. The van der Waals surface area contributed by atoms with Gasteiger partial charge in [-0.15, -0.1) is 0 Å². The number of nitrogens with zero attached hydrogens (tertiary/aromatic N) is 1. The van der Waals surface area contributed by atoms with E-state index in [2.05, 4.69) is 48.5 Å². The third kappa shape index (κ3) is 2.91. The van der Waals surface area contributed by atoms with E-state index in [9.17, 15) is 4.79 Å². The van der Waals surface area contributed by atoms with E-state index in [-0.39, 0.29) is 17.4 Å². The van der Waals surface area contributed by atoms with Gasteiger partial charge in [-0.25, -0.2) is 0 Å². The molecule has 3 rings (SSSR count). The van der Waals surface area contributed by atoms with Crippen molar-refractivity contribution in [3.63, 3.8) is 0 Å². The van der Waals surface area contributed by atoms with Gasteiger partial charge in [0.2, 0.25) is 5.91 Å². The van der Waals surface area contributed by atoms with E-state index in [1.54, 1.807) is 0 Å². The Morgan fingerprint density at radius 2 is 1.96 bits per heavy atom. The molecule has 0 radical (unpaired) electrons. The standard InChI is InChI=1S/C20H19BrClNO/c1-4-19(24)23-12-17(13-5-8-15(22)9-6-13)16-11-14(21)7-10-18(16)20(23,2)3/h4-11,17H,1,12H2,2-3H3/t17-/m0/s1. The molecule has 24 heavy (non-hydrogen) atoms. The molecular formula is C20H19BrClNO. The van der Waals surface area contributed by atoms with E-state index in [0.29, 0.717) is 11.6 Å². The van der Waals surface area contributed by atoms with Gasteiger partial charge in [0.1, 0.15) is 0 Å². The summed E-state index contributed by atoms with van der Waals surface area (Å²) in [7, 11) is 0. The number of amides is 1. The highest BCUT2D eigenvalue weighted by atomic mass is 79.9. The van der Waals surface area contributed by atoms with Gasteiger partial charge in [-0.2, -0.15) is 0 Å². The van der Waals surface area contributed by atoms with Gasteiger partial charge in [-0.1, -0.05) is 52.3 Å². The van der Waals surface area contributed by atoms with Crippen molar-refractivity contribution >= 4 is 33.4 Å². The molecule has 0 aromatic heterocycles. The fourth-order valence-corrected chi connectivity index (χ4v) is 3.99. The number of benzene rings is 2. The summed E-state index contributed by atoms with van der Waals surface area (Å²) in [6.07, 6.45) is 1.39. The summed E-state index contributed by atoms with van der Waals surface area (Å²) in [6, 6.07) is 14.2. The molecule has 0 bridgehead atoms. The largest absolute Gasteiger partial charge is 0.329 e. The number of fused-ring (bicyclic) bond motifs is 1. The Labute approximate surface area is 156 Å². The van der Waals surface area contributed by atoms with E-state index < -0.39 is 0 Å². The summed E-state index contributed by atoms with van der Waals surface area (Å²) in [6.45, 7) is 8.44. The van der Waals surface area contributed by atoms with Crippen LogP contribution >= 0.6 is 27.5 Å². The number of carbonyl (C=O) groups excluding carboxylic acids is 1. The lowest BCUT2D eigenvalue weighted by Crippen LogP contribution is -2.50. The van der Waals surface area contributed by atoms with Gasteiger partial charge < -0.3 is 4.90 Å². The average molecular weight is 405 g/mol. The van der Waals surface area contributed by atoms with Crippen LogP contribution in [-0.4, -0.2) is 17.4 Å². The summed E-state index contributed by atoms with van der Waals surface area (Å²) >= 11 is 9.62. The zero-order valence-electron chi connectivity index (χ0n) is 13.7. The minimum absolute atomic E-state index is 0.0486. The molecule has 1 amide bonds. The first kappa shape index (κ1) is 17.2. The molecule has 0 spiro atoms. The van der Waals surface area contributed by atoms with Gasteiger partial charge in [0, 0.05) is 22.0 Å². The van der Waals surface area contributed by atoms with Crippen molar-refractivity contribution in [2.24, 2.45) is 0 Å². The summed E-state index contributed by atoms with van der Waals surface area (Å²) in [5.74, 6) is 0.0548. The lowest BCUT2D eigenvalue weighted by Gasteiger charge is -2.47. The summed E-state index contributed by atoms with van der Waals surface area (Å²) in [5.41, 5.74) is 3.16. The van der Waals surface area contributed by atoms with Crippen molar-refractivity contribution in [2.75, 3.05) is 6.54 Å². The Hall–Kier alpha value is -1.58. The molecule has 2 aromatic carbocycles. The van der Waals surface area contributed by atoms with E-state index in [4.69, 9.17) is 11.6 Å². The number of hydrogen-bond donors (Lipinski definition) is 0. The van der Waals surface area contributed by atoms with Gasteiger partial charge in [-0.05, 0) is 60.9 Å². The number of rotatable bonds is 2. The highest BCUT2D eigenvalue weighted by Crippen LogP contribution is 2.43. The molecule has 1 heterocycles. The van der Waals surface area contributed by atoms with E-state index in [0.717, 1.165) is 15.6 Å². The first-order valence-electron chi connectivity index (χ1n) is 7.84. The molecular weight excluding hydrogens is 386 g/mol. The second-order valence-electron chi connectivity index (χ2n) is 6.55. The highest BCUT2D eigenvalue weighted by molar-refractivity contribution is 9.10. The fraction of sp³-hybridized carbons (Fsp3) is 0.250. The second-order valence-corrected chi connectivity index (χ2v) is 7.90. The Morgan fingerprint density at radius 1 is 1.29 bits per heavy atom. The molecule has 1 atom stereocenters. The van der Waals surface area contributed by atoms with Crippen LogP contribution in [-0.2, 0) is 10.3 Å². The van der Waals surface area contributed by atoms with Crippen LogP contribution in [0.15, 0.2) is 59.6 Å². The highest BCUT2D eigenvalue weighted by Gasteiger charge is 2.41. The van der Waals surface area contributed by atoms with Crippen molar-refractivity contribution in [1.82, 2.24) is 4.90 Å². The molecule has 1 aliphatic rings. The monoisotopic (exact) mass is 403 g/mol. The van der Waals surface area contributed by atoms with Crippen LogP contribution in [0.25, 0.3) is 0 Å². The van der Waals surface area contributed by atoms with Crippen molar-refractivity contribution in [1.29, 1.82) is 0 Å². The molecule has 4 heteroatoms. The topological polar surface area (TPSA) is 20.3 Å². The van der Waals surface area contributed by atoms with Crippen molar-refractivity contribution in [3.05, 3.63) is 81.3 Å². The maximum absolute atomic E-state index is 12.5. The van der Waals surface area contributed by atoms with Gasteiger partial charge in [0.25, 0.3) is 0 Å². The summed E-state index contributed by atoms with van der Waals surface area (Å²) in [4.78, 5) is 14.4.